The molecule has 84 valence electrons. The zero-order valence-electron chi connectivity index (χ0n) is 9.34. The average Bonchev–Trinajstić information content (AvgIpc) is 2.63. The maximum atomic E-state index is 9.44. The van der Waals surface area contributed by atoms with E-state index in [1.54, 1.807) is 18.3 Å². The number of imidazole rings is 1. The van der Waals surface area contributed by atoms with Crippen LogP contribution in [0.15, 0.2) is 30.6 Å². The number of ether oxygens (including phenoxy) is 1. The molecule has 4 nitrogen and oxygen atoms in total. The Balaban J connectivity index is 2.26. The quantitative estimate of drug-likeness (QED) is 0.861. The summed E-state index contributed by atoms with van der Waals surface area (Å²) in [7, 11) is 0. The Hall–Kier alpha value is -1.97. The fraction of sp³-hybridized carbons (Fsp3) is 0.250. The Labute approximate surface area is 94.1 Å². The highest BCUT2D eigenvalue weighted by Crippen LogP contribution is 2.25. The normalized spacial score (nSPS) is 10.4. The van der Waals surface area contributed by atoms with Crippen molar-refractivity contribution in [3.63, 3.8) is 0 Å². The minimum absolute atomic E-state index is 0.199. The van der Waals surface area contributed by atoms with E-state index in [0.29, 0.717) is 11.8 Å². The highest BCUT2D eigenvalue weighted by atomic mass is 16.5. The molecular formula is C12H14N2O2. The largest absolute Gasteiger partial charge is 0.508 e. The van der Waals surface area contributed by atoms with Crippen molar-refractivity contribution in [1.29, 1.82) is 0 Å². The molecule has 1 aromatic carbocycles. The average molecular weight is 218 g/mol. The van der Waals surface area contributed by atoms with Gasteiger partial charge in [-0.15, -0.1) is 0 Å². The van der Waals surface area contributed by atoms with E-state index in [9.17, 15) is 5.11 Å². The highest BCUT2D eigenvalue weighted by Gasteiger charge is 2.05. The van der Waals surface area contributed by atoms with Gasteiger partial charge in [-0.1, -0.05) is 0 Å². The molecule has 0 saturated heterocycles. The first-order valence-electron chi connectivity index (χ1n) is 5.18. The summed E-state index contributed by atoms with van der Waals surface area (Å²) in [5, 5.41) is 9.44. The number of aromatic nitrogens is 2. The number of aromatic hydroxyl groups is 1. The van der Waals surface area contributed by atoms with Crippen molar-refractivity contribution < 1.29 is 9.84 Å². The van der Waals surface area contributed by atoms with Crippen molar-refractivity contribution in [1.82, 2.24) is 9.55 Å². The fourth-order valence-corrected chi connectivity index (χ4v) is 1.53. The van der Waals surface area contributed by atoms with Crippen LogP contribution in [-0.4, -0.2) is 14.7 Å². The summed E-state index contributed by atoms with van der Waals surface area (Å²) in [5.41, 5.74) is 0.949. The molecule has 2 rings (SSSR count). The lowest BCUT2D eigenvalue weighted by molar-refractivity contribution is 0.409. The minimum atomic E-state index is 0.199. The van der Waals surface area contributed by atoms with Crippen molar-refractivity contribution >= 4 is 0 Å². The number of hydrogen-bond acceptors (Lipinski definition) is 3. The Kier molecular flexibility index (Phi) is 2.81. The second-order valence-electron chi connectivity index (χ2n) is 3.60. The van der Waals surface area contributed by atoms with E-state index < -0.39 is 0 Å². The van der Waals surface area contributed by atoms with E-state index in [1.165, 1.54) is 0 Å². The molecule has 0 amide bonds. The summed E-state index contributed by atoms with van der Waals surface area (Å²) in [6.45, 7) is 4.72. The summed E-state index contributed by atoms with van der Waals surface area (Å²) in [5.74, 6) is 0.794. The molecule has 1 N–H and O–H groups in total. The van der Waals surface area contributed by atoms with Crippen LogP contribution in [0.4, 0.5) is 0 Å². The zero-order valence-corrected chi connectivity index (χ0v) is 9.34. The van der Waals surface area contributed by atoms with Crippen LogP contribution in [0.2, 0.25) is 0 Å². The summed E-state index contributed by atoms with van der Waals surface area (Å²) in [6, 6.07) is 5.64. The second-order valence-corrected chi connectivity index (χ2v) is 3.60. The Morgan fingerprint density at radius 2 is 2.19 bits per heavy atom. The number of benzene rings is 1. The molecule has 0 bridgehead atoms. The van der Waals surface area contributed by atoms with E-state index in [-0.39, 0.29) is 5.75 Å². The van der Waals surface area contributed by atoms with Gasteiger partial charge in [-0.25, -0.2) is 4.98 Å². The van der Waals surface area contributed by atoms with Crippen molar-refractivity contribution in [3.8, 4) is 17.5 Å². The third kappa shape index (κ3) is 2.16. The molecule has 0 atom stereocenters. The van der Waals surface area contributed by atoms with Crippen LogP contribution < -0.4 is 4.74 Å². The molecule has 1 heterocycles. The molecule has 4 heteroatoms. The highest BCUT2D eigenvalue weighted by molar-refractivity contribution is 5.38. The Bertz CT molecular complexity index is 471. The van der Waals surface area contributed by atoms with Crippen molar-refractivity contribution in [2.75, 3.05) is 0 Å². The molecule has 0 fully saturated rings. The van der Waals surface area contributed by atoms with Gasteiger partial charge in [0.15, 0.2) is 0 Å². The summed E-state index contributed by atoms with van der Waals surface area (Å²) in [4.78, 5) is 4.10. The Morgan fingerprint density at radius 1 is 1.38 bits per heavy atom. The van der Waals surface area contributed by atoms with Gasteiger partial charge in [0.05, 0.1) is 0 Å². The molecule has 0 spiro atoms. The van der Waals surface area contributed by atoms with Crippen LogP contribution in [0, 0.1) is 6.92 Å². The Morgan fingerprint density at radius 3 is 2.88 bits per heavy atom. The summed E-state index contributed by atoms with van der Waals surface area (Å²) < 4.78 is 7.48. The summed E-state index contributed by atoms with van der Waals surface area (Å²) >= 11 is 0. The van der Waals surface area contributed by atoms with Crippen LogP contribution in [-0.2, 0) is 6.54 Å². The van der Waals surface area contributed by atoms with Gasteiger partial charge in [0.1, 0.15) is 11.5 Å². The lowest BCUT2D eigenvalue weighted by atomic mass is 10.2. The molecular weight excluding hydrogens is 204 g/mol. The molecule has 16 heavy (non-hydrogen) atoms. The van der Waals surface area contributed by atoms with E-state index in [1.807, 2.05) is 30.7 Å². The van der Waals surface area contributed by atoms with E-state index in [4.69, 9.17) is 4.74 Å². The van der Waals surface area contributed by atoms with Gasteiger partial charge < -0.3 is 14.4 Å². The number of hydrogen-bond donors (Lipinski definition) is 1. The van der Waals surface area contributed by atoms with E-state index in [2.05, 4.69) is 4.98 Å². The first-order chi connectivity index (χ1) is 7.69. The lowest BCUT2D eigenvalue weighted by Crippen LogP contribution is -1.97. The van der Waals surface area contributed by atoms with E-state index >= 15 is 0 Å². The van der Waals surface area contributed by atoms with Gasteiger partial charge in [0.2, 0.25) is 0 Å². The van der Waals surface area contributed by atoms with Gasteiger partial charge in [-0.05, 0) is 31.5 Å². The minimum Gasteiger partial charge on any atom is -0.508 e. The van der Waals surface area contributed by atoms with Crippen LogP contribution in [0.1, 0.15) is 12.5 Å². The molecule has 1 aromatic heterocycles. The van der Waals surface area contributed by atoms with Gasteiger partial charge in [-0.3, -0.25) is 0 Å². The fourth-order valence-electron chi connectivity index (χ4n) is 1.53. The number of aryl methyl sites for hydroxylation is 2. The van der Waals surface area contributed by atoms with Gasteiger partial charge in [-0.2, -0.15) is 0 Å². The van der Waals surface area contributed by atoms with Gasteiger partial charge in [0.25, 0.3) is 0 Å². The monoisotopic (exact) mass is 218 g/mol. The van der Waals surface area contributed by atoms with Crippen molar-refractivity contribution in [3.05, 3.63) is 36.2 Å². The molecule has 0 aliphatic rings. The van der Waals surface area contributed by atoms with Crippen LogP contribution in [0.25, 0.3) is 0 Å². The predicted octanol–water partition coefficient (Wildman–Crippen LogP) is 2.71. The van der Waals surface area contributed by atoms with Crippen LogP contribution in [0.3, 0.4) is 0 Å². The molecule has 0 aliphatic carbocycles. The molecule has 0 aliphatic heterocycles. The topological polar surface area (TPSA) is 47.3 Å². The number of rotatable bonds is 3. The van der Waals surface area contributed by atoms with Crippen molar-refractivity contribution in [2.45, 2.75) is 20.4 Å². The van der Waals surface area contributed by atoms with Gasteiger partial charge >= 0.3 is 6.01 Å². The number of phenols is 1. The molecule has 0 saturated carbocycles. The molecule has 0 radical (unpaired) electrons. The first-order valence-corrected chi connectivity index (χ1v) is 5.18. The standard InChI is InChI=1S/C12H14N2O2/c1-3-14-5-4-13-12(14)16-11-7-9(2)6-10(15)8-11/h4-8,15H,3H2,1-2H3. The predicted molar refractivity (Wildman–Crippen MR) is 60.8 cm³/mol. The molecule has 2 aromatic rings. The zero-order chi connectivity index (χ0) is 11.5. The third-order valence-electron chi connectivity index (χ3n) is 2.26. The maximum absolute atomic E-state index is 9.44. The maximum Gasteiger partial charge on any atom is 0.301 e. The second kappa shape index (κ2) is 4.26. The van der Waals surface area contributed by atoms with Crippen molar-refractivity contribution in [2.24, 2.45) is 0 Å². The smallest absolute Gasteiger partial charge is 0.301 e. The van der Waals surface area contributed by atoms with Crippen LogP contribution >= 0.6 is 0 Å². The lowest BCUT2D eigenvalue weighted by Gasteiger charge is -2.07. The van der Waals surface area contributed by atoms with E-state index in [0.717, 1.165) is 12.1 Å². The van der Waals surface area contributed by atoms with Gasteiger partial charge in [0, 0.05) is 25.0 Å². The van der Waals surface area contributed by atoms with Crippen LogP contribution in [0.5, 0.6) is 17.5 Å². The first kappa shape index (κ1) is 10.5. The number of phenolic OH excluding ortho intramolecular Hbond substituents is 1. The SMILES string of the molecule is CCn1ccnc1Oc1cc(C)cc(O)c1. The summed E-state index contributed by atoms with van der Waals surface area (Å²) in [6.07, 6.45) is 3.54. The third-order valence-corrected chi connectivity index (χ3v) is 2.26. The number of nitrogens with zero attached hydrogens (tertiary/aromatic N) is 2. The molecule has 0 unspecified atom stereocenters.